The fourth-order valence-corrected chi connectivity index (χ4v) is 1.45. The third-order valence-corrected chi connectivity index (χ3v) is 2.97. The summed E-state index contributed by atoms with van der Waals surface area (Å²) in [6.45, 7) is 2.27. The van der Waals surface area contributed by atoms with Crippen molar-refractivity contribution in [1.82, 2.24) is 4.90 Å². The Morgan fingerprint density at radius 1 is 1.60 bits per heavy atom. The molecule has 2 nitrogen and oxygen atoms in total. The molecule has 0 N–H and O–H groups in total. The van der Waals surface area contributed by atoms with Crippen molar-refractivity contribution in [2.24, 2.45) is 0 Å². The van der Waals surface area contributed by atoms with Crippen LogP contribution >= 0.6 is 15.9 Å². The highest BCUT2D eigenvalue weighted by molar-refractivity contribution is 9.10. The van der Waals surface area contributed by atoms with Crippen LogP contribution in [0.2, 0.25) is 0 Å². The van der Waals surface area contributed by atoms with Crippen LogP contribution in [-0.4, -0.2) is 24.4 Å². The summed E-state index contributed by atoms with van der Waals surface area (Å²) in [6, 6.07) is 5.50. The lowest BCUT2D eigenvalue weighted by Crippen LogP contribution is -2.26. The molecule has 1 aromatic rings. The van der Waals surface area contributed by atoms with Crippen LogP contribution in [0, 0.1) is 19.3 Å². The van der Waals surface area contributed by atoms with Crippen molar-refractivity contribution in [2.45, 2.75) is 6.92 Å². The Morgan fingerprint density at radius 3 is 2.80 bits per heavy atom. The van der Waals surface area contributed by atoms with Crippen molar-refractivity contribution >= 4 is 21.8 Å². The van der Waals surface area contributed by atoms with Gasteiger partial charge < -0.3 is 4.90 Å². The molecule has 0 aliphatic carbocycles. The normalized spacial score (nSPS) is 9.47. The van der Waals surface area contributed by atoms with Crippen LogP contribution in [0.3, 0.4) is 0 Å². The molecule has 0 spiro atoms. The van der Waals surface area contributed by atoms with E-state index in [9.17, 15) is 4.79 Å². The summed E-state index contributed by atoms with van der Waals surface area (Å²) < 4.78 is 0.999. The highest BCUT2D eigenvalue weighted by atomic mass is 79.9. The second kappa shape index (κ2) is 4.99. The van der Waals surface area contributed by atoms with E-state index in [1.54, 1.807) is 13.1 Å². The second-order valence-electron chi connectivity index (χ2n) is 3.33. The van der Waals surface area contributed by atoms with Crippen LogP contribution in [0.15, 0.2) is 22.7 Å². The predicted octanol–water partition coefficient (Wildman–Crippen LogP) is 2.46. The summed E-state index contributed by atoms with van der Waals surface area (Å²) in [5, 5.41) is 0. The fraction of sp³-hybridized carbons (Fsp3) is 0.250. The highest BCUT2D eigenvalue weighted by Gasteiger charge is 2.10. The quantitative estimate of drug-likeness (QED) is 0.753. The average molecular weight is 266 g/mol. The molecule has 0 heterocycles. The molecule has 0 fully saturated rings. The molecule has 1 rings (SSSR count). The minimum atomic E-state index is -0.0523. The highest BCUT2D eigenvalue weighted by Crippen LogP contribution is 2.17. The summed E-state index contributed by atoms with van der Waals surface area (Å²) in [5.74, 6) is 2.39. The third-order valence-electron chi connectivity index (χ3n) is 2.08. The van der Waals surface area contributed by atoms with Crippen LogP contribution in [0.4, 0.5) is 0 Å². The molecular formula is C12H12BrNO. The topological polar surface area (TPSA) is 20.3 Å². The average Bonchev–Trinajstić information content (AvgIpc) is 2.21. The molecule has 0 saturated carbocycles. The van der Waals surface area contributed by atoms with E-state index in [0.29, 0.717) is 12.1 Å². The number of terminal acetylenes is 1. The van der Waals surface area contributed by atoms with E-state index in [1.165, 1.54) is 4.90 Å². The van der Waals surface area contributed by atoms with Gasteiger partial charge in [0, 0.05) is 17.1 Å². The van der Waals surface area contributed by atoms with E-state index < -0.39 is 0 Å². The number of rotatable bonds is 2. The van der Waals surface area contributed by atoms with Gasteiger partial charge in [-0.2, -0.15) is 0 Å². The minimum absolute atomic E-state index is 0.0523. The molecule has 0 aliphatic heterocycles. The molecule has 1 amide bonds. The summed E-state index contributed by atoms with van der Waals surface area (Å²) in [4.78, 5) is 13.3. The van der Waals surface area contributed by atoms with E-state index in [2.05, 4.69) is 21.9 Å². The zero-order valence-electron chi connectivity index (χ0n) is 8.75. The van der Waals surface area contributed by atoms with Crippen molar-refractivity contribution < 1.29 is 4.79 Å². The Kier molecular flexibility index (Phi) is 3.93. The smallest absolute Gasteiger partial charge is 0.254 e. The van der Waals surface area contributed by atoms with Gasteiger partial charge in [-0.1, -0.05) is 21.9 Å². The van der Waals surface area contributed by atoms with Gasteiger partial charge in [-0.25, -0.2) is 0 Å². The summed E-state index contributed by atoms with van der Waals surface area (Å²) in [6.07, 6.45) is 5.15. The van der Waals surface area contributed by atoms with Crippen molar-refractivity contribution in [3.05, 3.63) is 33.8 Å². The standard InChI is InChI=1S/C12H12BrNO/c1-4-7-14(3)12(15)10-5-6-11(13)9(2)8-10/h1,5-6,8H,7H2,2-3H3. The van der Waals surface area contributed by atoms with Crippen LogP contribution in [-0.2, 0) is 0 Å². The SMILES string of the molecule is C#CCN(C)C(=O)c1ccc(Br)c(C)c1. The van der Waals surface area contributed by atoms with Crippen LogP contribution in [0.5, 0.6) is 0 Å². The van der Waals surface area contributed by atoms with Crippen LogP contribution < -0.4 is 0 Å². The monoisotopic (exact) mass is 265 g/mol. The fourth-order valence-electron chi connectivity index (χ4n) is 1.21. The van der Waals surface area contributed by atoms with E-state index in [1.807, 2.05) is 19.1 Å². The molecule has 1 aromatic carbocycles. The lowest BCUT2D eigenvalue weighted by molar-refractivity contribution is 0.0812. The Hall–Kier alpha value is -1.27. The van der Waals surface area contributed by atoms with Crippen molar-refractivity contribution in [3.63, 3.8) is 0 Å². The zero-order chi connectivity index (χ0) is 11.4. The molecule has 3 heteroatoms. The number of halogens is 1. The minimum Gasteiger partial charge on any atom is -0.331 e. The van der Waals surface area contributed by atoms with Crippen LogP contribution in [0.1, 0.15) is 15.9 Å². The third kappa shape index (κ3) is 2.84. The molecule has 78 valence electrons. The number of benzene rings is 1. The van der Waals surface area contributed by atoms with E-state index in [4.69, 9.17) is 6.42 Å². The number of carbonyl (C=O) groups excluding carboxylic acids is 1. The molecule has 0 aromatic heterocycles. The number of amides is 1. The second-order valence-corrected chi connectivity index (χ2v) is 4.18. The van der Waals surface area contributed by atoms with Crippen molar-refractivity contribution in [2.75, 3.05) is 13.6 Å². The Morgan fingerprint density at radius 2 is 2.27 bits per heavy atom. The maximum atomic E-state index is 11.8. The molecule has 15 heavy (non-hydrogen) atoms. The van der Waals surface area contributed by atoms with Gasteiger partial charge >= 0.3 is 0 Å². The first-order valence-corrected chi connectivity index (χ1v) is 5.30. The molecular weight excluding hydrogens is 254 g/mol. The van der Waals surface area contributed by atoms with Gasteiger partial charge in [0.05, 0.1) is 6.54 Å². The summed E-state index contributed by atoms with van der Waals surface area (Å²) in [5.41, 5.74) is 1.70. The molecule has 0 aliphatic rings. The van der Waals surface area contributed by atoms with E-state index in [0.717, 1.165) is 10.0 Å². The molecule has 0 bridgehead atoms. The number of aryl methyl sites for hydroxylation is 1. The van der Waals surface area contributed by atoms with Crippen molar-refractivity contribution in [3.8, 4) is 12.3 Å². The van der Waals surface area contributed by atoms with E-state index >= 15 is 0 Å². The molecule has 0 atom stereocenters. The van der Waals surface area contributed by atoms with Gasteiger partial charge in [0.1, 0.15) is 0 Å². The first-order valence-electron chi connectivity index (χ1n) is 4.51. The number of hydrogen-bond acceptors (Lipinski definition) is 1. The Balaban J connectivity index is 2.93. The Labute approximate surface area is 98.4 Å². The van der Waals surface area contributed by atoms with Crippen molar-refractivity contribution in [1.29, 1.82) is 0 Å². The number of nitrogens with zero attached hydrogens (tertiary/aromatic N) is 1. The molecule has 0 saturated heterocycles. The van der Waals surface area contributed by atoms with Gasteiger partial charge in [-0.15, -0.1) is 6.42 Å². The lowest BCUT2D eigenvalue weighted by Gasteiger charge is -2.14. The predicted molar refractivity (Wildman–Crippen MR) is 64.7 cm³/mol. The zero-order valence-corrected chi connectivity index (χ0v) is 10.3. The van der Waals surface area contributed by atoms with Gasteiger partial charge in [0.2, 0.25) is 0 Å². The molecule has 0 radical (unpaired) electrons. The van der Waals surface area contributed by atoms with Gasteiger partial charge in [0.15, 0.2) is 0 Å². The van der Waals surface area contributed by atoms with Gasteiger partial charge in [0.25, 0.3) is 5.91 Å². The first-order chi connectivity index (χ1) is 7.06. The Bertz CT molecular complexity index is 420. The van der Waals surface area contributed by atoms with Gasteiger partial charge in [-0.3, -0.25) is 4.79 Å². The van der Waals surface area contributed by atoms with Crippen LogP contribution in [0.25, 0.3) is 0 Å². The maximum Gasteiger partial charge on any atom is 0.254 e. The first kappa shape index (κ1) is 11.8. The van der Waals surface area contributed by atoms with Gasteiger partial charge in [-0.05, 0) is 30.7 Å². The lowest BCUT2D eigenvalue weighted by atomic mass is 10.1. The number of hydrogen-bond donors (Lipinski definition) is 0. The number of carbonyl (C=O) groups is 1. The summed E-state index contributed by atoms with van der Waals surface area (Å²) >= 11 is 3.39. The maximum absolute atomic E-state index is 11.8. The summed E-state index contributed by atoms with van der Waals surface area (Å²) in [7, 11) is 1.69. The van der Waals surface area contributed by atoms with E-state index in [-0.39, 0.29) is 5.91 Å². The molecule has 0 unspecified atom stereocenters. The largest absolute Gasteiger partial charge is 0.331 e.